The van der Waals surface area contributed by atoms with Gasteiger partial charge in [-0.25, -0.2) is 4.79 Å². The molecule has 0 aliphatic rings. The van der Waals surface area contributed by atoms with E-state index in [-0.39, 0.29) is 5.92 Å². The highest BCUT2D eigenvalue weighted by Crippen LogP contribution is 2.26. The minimum atomic E-state index is -0.447. The summed E-state index contributed by atoms with van der Waals surface area (Å²) in [5.74, 6) is -0.207. The van der Waals surface area contributed by atoms with Gasteiger partial charge in [0.2, 0.25) is 5.82 Å². The van der Waals surface area contributed by atoms with E-state index in [0.29, 0.717) is 17.9 Å². The maximum absolute atomic E-state index is 12.0. The first-order valence-corrected chi connectivity index (χ1v) is 8.25. The molecule has 6 heteroatoms. The number of ether oxygens (including phenoxy) is 1. The predicted octanol–water partition coefficient (Wildman–Crippen LogP) is 3.16. The Labute approximate surface area is 152 Å². The first kappa shape index (κ1) is 17.5. The Bertz CT molecular complexity index is 901. The van der Waals surface area contributed by atoms with Gasteiger partial charge in [-0.3, -0.25) is 0 Å². The van der Waals surface area contributed by atoms with Crippen molar-refractivity contribution in [1.82, 2.24) is 20.2 Å². The minimum Gasteiger partial charge on any atom is -0.466 e. The summed E-state index contributed by atoms with van der Waals surface area (Å²) in [7, 11) is 1.35. The number of carbonyl (C=O) groups excluding carboxylic acids is 1. The number of hydrogen-bond acceptors (Lipinski definition) is 5. The highest BCUT2D eigenvalue weighted by Gasteiger charge is 2.23. The average Bonchev–Trinajstić information content (AvgIpc) is 3.15. The van der Waals surface area contributed by atoms with Gasteiger partial charge in [0.05, 0.1) is 13.7 Å². The third-order valence-corrected chi connectivity index (χ3v) is 4.18. The monoisotopic (exact) mass is 348 g/mol. The molecule has 2 aromatic carbocycles. The largest absolute Gasteiger partial charge is 0.466 e. The average molecular weight is 348 g/mol. The molecule has 0 saturated heterocycles. The number of tetrazole rings is 1. The third-order valence-electron chi connectivity index (χ3n) is 4.18. The summed E-state index contributed by atoms with van der Waals surface area (Å²) in [6.07, 6.45) is 0. The fraction of sp³-hybridized carbons (Fsp3) is 0.200. The summed E-state index contributed by atoms with van der Waals surface area (Å²) in [4.78, 5) is 13.5. The summed E-state index contributed by atoms with van der Waals surface area (Å²) in [6.45, 7) is 6.28. The maximum atomic E-state index is 12.0. The highest BCUT2D eigenvalue weighted by molar-refractivity contribution is 5.89. The summed E-state index contributed by atoms with van der Waals surface area (Å²) in [5.41, 5.74) is 3.36. The molecule has 0 radical (unpaired) electrons. The van der Waals surface area contributed by atoms with E-state index in [9.17, 15) is 4.79 Å². The normalized spacial score (nSPS) is 11.8. The van der Waals surface area contributed by atoms with Crippen molar-refractivity contribution in [2.24, 2.45) is 0 Å². The van der Waals surface area contributed by atoms with Crippen LogP contribution in [0, 0.1) is 6.92 Å². The zero-order chi connectivity index (χ0) is 18.5. The van der Waals surface area contributed by atoms with Crippen molar-refractivity contribution in [3.63, 3.8) is 0 Å². The molecular formula is C20H20N4O2. The number of esters is 1. The van der Waals surface area contributed by atoms with Crippen molar-refractivity contribution in [3.05, 3.63) is 77.9 Å². The molecular weight excluding hydrogens is 328 g/mol. The lowest BCUT2D eigenvalue weighted by atomic mass is 9.92. The second-order valence-electron chi connectivity index (χ2n) is 6.01. The summed E-state index contributed by atoms with van der Waals surface area (Å²) in [6, 6.07) is 17.6. The first-order chi connectivity index (χ1) is 12.6. The Morgan fingerprint density at radius 1 is 1.15 bits per heavy atom. The van der Waals surface area contributed by atoms with Crippen molar-refractivity contribution in [3.8, 4) is 11.4 Å². The van der Waals surface area contributed by atoms with E-state index in [1.165, 1.54) is 17.5 Å². The quantitative estimate of drug-likeness (QED) is 0.505. The van der Waals surface area contributed by atoms with E-state index in [1.807, 2.05) is 61.5 Å². The van der Waals surface area contributed by atoms with Crippen LogP contribution in [0.4, 0.5) is 0 Å². The van der Waals surface area contributed by atoms with Crippen molar-refractivity contribution in [2.75, 3.05) is 7.11 Å². The van der Waals surface area contributed by atoms with E-state index in [4.69, 9.17) is 4.74 Å². The molecule has 0 aliphatic carbocycles. The first-order valence-electron chi connectivity index (χ1n) is 8.25. The highest BCUT2D eigenvalue weighted by atomic mass is 16.5. The topological polar surface area (TPSA) is 69.9 Å². The molecule has 0 spiro atoms. The van der Waals surface area contributed by atoms with Crippen LogP contribution in [0.25, 0.3) is 11.4 Å². The smallest absolute Gasteiger partial charge is 0.333 e. The van der Waals surface area contributed by atoms with Gasteiger partial charge in [0.15, 0.2) is 0 Å². The van der Waals surface area contributed by atoms with Gasteiger partial charge in [-0.05, 0) is 17.7 Å². The van der Waals surface area contributed by atoms with Gasteiger partial charge in [-0.15, -0.1) is 10.2 Å². The molecule has 0 fully saturated rings. The maximum Gasteiger partial charge on any atom is 0.333 e. The second-order valence-corrected chi connectivity index (χ2v) is 6.01. The van der Waals surface area contributed by atoms with Gasteiger partial charge >= 0.3 is 5.97 Å². The van der Waals surface area contributed by atoms with E-state index >= 15 is 0 Å². The molecule has 132 valence electrons. The number of rotatable bonds is 6. The molecule has 3 aromatic rings. The minimum absolute atomic E-state index is 0.302. The number of methoxy groups -OCH3 is 1. The Morgan fingerprint density at radius 2 is 1.85 bits per heavy atom. The fourth-order valence-electron chi connectivity index (χ4n) is 2.68. The third kappa shape index (κ3) is 3.85. The van der Waals surface area contributed by atoms with Crippen LogP contribution in [-0.4, -0.2) is 33.3 Å². The van der Waals surface area contributed by atoms with Crippen LogP contribution in [0.1, 0.15) is 17.0 Å². The predicted molar refractivity (Wildman–Crippen MR) is 98.3 cm³/mol. The lowest BCUT2D eigenvalue weighted by Crippen LogP contribution is -2.19. The molecule has 0 saturated carbocycles. The molecule has 6 nitrogen and oxygen atoms in total. The number of hydrogen-bond donors (Lipinski definition) is 0. The SMILES string of the molecule is C=C(C(=O)OC)[C@@H](Cn1nnc(-c2ccc(C)cc2)n1)c1ccccc1. The van der Waals surface area contributed by atoms with Crippen LogP contribution >= 0.6 is 0 Å². The molecule has 1 aromatic heterocycles. The fourth-order valence-corrected chi connectivity index (χ4v) is 2.68. The zero-order valence-corrected chi connectivity index (χ0v) is 14.8. The van der Waals surface area contributed by atoms with Gasteiger partial charge in [-0.2, -0.15) is 4.80 Å². The van der Waals surface area contributed by atoms with Gasteiger partial charge < -0.3 is 4.74 Å². The van der Waals surface area contributed by atoms with E-state index in [0.717, 1.165) is 11.1 Å². The Kier molecular flexibility index (Phi) is 5.22. The van der Waals surface area contributed by atoms with Crippen LogP contribution in [0.15, 0.2) is 66.7 Å². The van der Waals surface area contributed by atoms with E-state index < -0.39 is 5.97 Å². The molecule has 1 heterocycles. The molecule has 0 amide bonds. The van der Waals surface area contributed by atoms with Crippen LogP contribution in [0.3, 0.4) is 0 Å². The van der Waals surface area contributed by atoms with Crippen LogP contribution < -0.4 is 0 Å². The molecule has 0 bridgehead atoms. The number of aromatic nitrogens is 4. The Balaban J connectivity index is 1.86. The number of carbonyl (C=O) groups is 1. The molecule has 1 atom stereocenters. The standard InChI is InChI=1S/C20H20N4O2/c1-14-9-11-17(12-10-14)19-21-23-24(22-19)13-18(15(2)20(25)26-3)16-7-5-4-6-8-16/h4-12,18H,2,13H2,1,3H3/t18-/m1/s1. The lowest BCUT2D eigenvalue weighted by molar-refractivity contribution is -0.136. The number of nitrogens with zero attached hydrogens (tertiary/aromatic N) is 4. The van der Waals surface area contributed by atoms with Crippen LogP contribution in [-0.2, 0) is 16.1 Å². The van der Waals surface area contributed by atoms with Crippen molar-refractivity contribution >= 4 is 5.97 Å². The molecule has 3 rings (SSSR count). The van der Waals surface area contributed by atoms with Crippen LogP contribution in [0.5, 0.6) is 0 Å². The van der Waals surface area contributed by atoms with Gasteiger partial charge in [0.1, 0.15) is 0 Å². The lowest BCUT2D eigenvalue weighted by Gasteiger charge is -2.17. The van der Waals surface area contributed by atoms with E-state index in [1.54, 1.807) is 0 Å². The number of benzene rings is 2. The van der Waals surface area contributed by atoms with Gasteiger partial charge in [0, 0.05) is 17.1 Å². The zero-order valence-electron chi connectivity index (χ0n) is 14.8. The van der Waals surface area contributed by atoms with Gasteiger partial charge in [0.25, 0.3) is 0 Å². The number of aryl methyl sites for hydroxylation is 1. The Hall–Kier alpha value is -3.28. The summed E-state index contributed by atoms with van der Waals surface area (Å²) < 4.78 is 4.83. The summed E-state index contributed by atoms with van der Waals surface area (Å²) in [5, 5.41) is 12.7. The van der Waals surface area contributed by atoms with Crippen LogP contribution in [0.2, 0.25) is 0 Å². The van der Waals surface area contributed by atoms with E-state index in [2.05, 4.69) is 22.0 Å². The van der Waals surface area contributed by atoms with Gasteiger partial charge in [-0.1, -0.05) is 66.7 Å². The second kappa shape index (κ2) is 7.74. The van der Waals surface area contributed by atoms with Crippen molar-refractivity contribution < 1.29 is 9.53 Å². The molecule has 0 unspecified atom stereocenters. The van der Waals surface area contributed by atoms with Crippen molar-refractivity contribution in [2.45, 2.75) is 19.4 Å². The van der Waals surface area contributed by atoms with Crippen molar-refractivity contribution in [1.29, 1.82) is 0 Å². The molecule has 0 N–H and O–H groups in total. The Morgan fingerprint density at radius 3 is 2.50 bits per heavy atom. The molecule has 0 aliphatic heterocycles. The molecule has 26 heavy (non-hydrogen) atoms. The summed E-state index contributed by atoms with van der Waals surface area (Å²) >= 11 is 0.